The summed E-state index contributed by atoms with van der Waals surface area (Å²) in [6.45, 7) is 2.63. The number of halogens is 1. The molecule has 0 unspecified atom stereocenters. The van der Waals surface area contributed by atoms with Crippen molar-refractivity contribution in [2.24, 2.45) is 0 Å². The Balaban J connectivity index is 1.55. The minimum Gasteiger partial charge on any atom is -0.348 e. The molecule has 3 amide bonds. The molecule has 0 aliphatic rings. The molecule has 6 nitrogen and oxygen atoms in total. The zero-order chi connectivity index (χ0) is 22.9. The van der Waals surface area contributed by atoms with E-state index in [-0.39, 0.29) is 17.2 Å². The van der Waals surface area contributed by atoms with Crippen LogP contribution in [0.2, 0.25) is 5.02 Å². The fourth-order valence-corrected chi connectivity index (χ4v) is 3.23. The van der Waals surface area contributed by atoms with Crippen LogP contribution in [0.1, 0.15) is 27.0 Å². The predicted octanol–water partition coefficient (Wildman–Crippen LogP) is 3.88. The Morgan fingerprint density at radius 2 is 1.50 bits per heavy atom. The van der Waals surface area contributed by atoms with Crippen LogP contribution in [0.25, 0.3) is 0 Å². The average molecular weight is 450 g/mol. The summed E-state index contributed by atoms with van der Waals surface area (Å²) in [4.78, 5) is 37.2. The van der Waals surface area contributed by atoms with Crippen LogP contribution in [0.15, 0.2) is 72.8 Å². The maximum Gasteiger partial charge on any atom is 0.313 e. The quantitative estimate of drug-likeness (QED) is 0.478. The van der Waals surface area contributed by atoms with Gasteiger partial charge in [-0.3, -0.25) is 14.4 Å². The Labute approximate surface area is 192 Å². The topological polar surface area (TPSA) is 87.3 Å². The van der Waals surface area contributed by atoms with E-state index in [1.54, 1.807) is 36.4 Å². The number of hydrogen-bond donors (Lipinski definition) is 3. The summed E-state index contributed by atoms with van der Waals surface area (Å²) in [5.41, 5.74) is 3.62. The summed E-state index contributed by atoms with van der Waals surface area (Å²) in [5.74, 6) is -1.94. The number of aryl methyl sites for hydroxylation is 1. The molecule has 32 heavy (non-hydrogen) atoms. The lowest BCUT2D eigenvalue weighted by molar-refractivity contribution is -0.136. The molecule has 0 aromatic heterocycles. The molecule has 3 N–H and O–H groups in total. The van der Waals surface area contributed by atoms with Gasteiger partial charge in [0.2, 0.25) is 0 Å². The number of carbonyl (C=O) groups is 3. The molecule has 7 heteroatoms. The third-order valence-corrected chi connectivity index (χ3v) is 5.19. The van der Waals surface area contributed by atoms with E-state index in [0.29, 0.717) is 24.5 Å². The smallest absolute Gasteiger partial charge is 0.313 e. The minimum atomic E-state index is -0.833. The monoisotopic (exact) mass is 449 g/mol. The lowest BCUT2D eigenvalue weighted by Gasteiger charge is -2.12. The first-order valence-electron chi connectivity index (χ1n) is 10.2. The van der Waals surface area contributed by atoms with Gasteiger partial charge in [-0.25, -0.2) is 0 Å². The van der Waals surface area contributed by atoms with Gasteiger partial charge in [-0.05, 0) is 54.3 Å². The van der Waals surface area contributed by atoms with Gasteiger partial charge in [-0.1, -0.05) is 60.1 Å². The first-order chi connectivity index (χ1) is 15.4. The molecular formula is C25H24ClN3O3. The Hall–Kier alpha value is -3.64. The molecule has 0 spiro atoms. The third kappa shape index (κ3) is 6.43. The number of anilines is 1. The van der Waals surface area contributed by atoms with Gasteiger partial charge in [0.05, 0.1) is 11.3 Å². The second kappa shape index (κ2) is 11.1. The molecule has 0 radical (unpaired) electrons. The zero-order valence-electron chi connectivity index (χ0n) is 17.7. The van der Waals surface area contributed by atoms with Crippen molar-refractivity contribution in [1.29, 1.82) is 0 Å². The van der Waals surface area contributed by atoms with E-state index >= 15 is 0 Å². The van der Waals surface area contributed by atoms with Crippen LogP contribution in [0.3, 0.4) is 0 Å². The second-order valence-corrected chi connectivity index (χ2v) is 7.68. The third-order valence-electron chi connectivity index (χ3n) is 4.94. The highest BCUT2D eigenvalue weighted by Gasteiger charge is 2.17. The number of carbonyl (C=O) groups excluding carboxylic acids is 3. The van der Waals surface area contributed by atoms with E-state index in [4.69, 9.17) is 11.6 Å². The molecule has 3 rings (SSSR count). The van der Waals surface area contributed by atoms with E-state index in [1.165, 1.54) is 0 Å². The van der Waals surface area contributed by atoms with Crippen molar-refractivity contribution >= 4 is 35.0 Å². The van der Waals surface area contributed by atoms with Crippen molar-refractivity contribution < 1.29 is 14.4 Å². The van der Waals surface area contributed by atoms with Crippen LogP contribution in [0.5, 0.6) is 0 Å². The normalized spacial score (nSPS) is 10.3. The number of hydrogen-bond acceptors (Lipinski definition) is 3. The highest BCUT2D eigenvalue weighted by Crippen LogP contribution is 2.16. The van der Waals surface area contributed by atoms with Crippen molar-refractivity contribution in [3.8, 4) is 0 Å². The van der Waals surface area contributed by atoms with E-state index in [0.717, 1.165) is 16.7 Å². The van der Waals surface area contributed by atoms with Crippen molar-refractivity contribution in [3.63, 3.8) is 0 Å². The van der Waals surface area contributed by atoms with Crippen LogP contribution in [0.4, 0.5) is 5.69 Å². The molecule has 0 bridgehead atoms. The summed E-state index contributed by atoms with van der Waals surface area (Å²) in [7, 11) is 0. The maximum atomic E-state index is 12.7. The predicted molar refractivity (Wildman–Crippen MR) is 126 cm³/mol. The maximum absolute atomic E-state index is 12.7. The van der Waals surface area contributed by atoms with Gasteiger partial charge in [0.25, 0.3) is 5.91 Å². The summed E-state index contributed by atoms with van der Waals surface area (Å²) >= 11 is 5.86. The summed E-state index contributed by atoms with van der Waals surface area (Å²) in [6.07, 6.45) is 0.564. The molecule has 0 heterocycles. The Morgan fingerprint density at radius 3 is 2.25 bits per heavy atom. The van der Waals surface area contributed by atoms with Crippen LogP contribution in [-0.4, -0.2) is 24.3 Å². The Kier molecular flexibility index (Phi) is 8.00. The second-order valence-electron chi connectivity index (χ2n) is 7.24. The van der Waals surface area contributed by atoms with Crippen LogP contribution < -0.4 is 16.0 Å². The Morgan fingerprint density at radius 1 is 0.812 bits per heavy atom. The van der Waals surface area contributed by atoms with E-state index < -0.39 is 11.8 Å². The molecule has 0 saturated heterocycles. The number of rotatable bonds is 7. The highest BCUT2D eigenvalue weighted by molar-refractivity contribution is 6.40. The summed E-state index contributed by atoms with van der Waals surface area (Å²) in [5, 5.41) is 8.60. The number of amides is 3. The molecule has 164 valence electrons. The highest BCUT2D eigenvalue weighted by atomic mass is 35.5. The molecule has 0 fully saturated rings. The van der Waals surface area contributed by atoms with Crippen molar-refractivity contribution in [2.75, 3.05) is 11.9 Å². The summed E-state index contributed by atoms with van der Waals surface area (Å²) in [6, 6.07) is 21.6. The van der Waals surface area contributed by atoms with Gasteiger partial charge in [0.1, 0.15) is 0 Å². The van der Waals surface area contributed by atoms with Gasteiger partial charge < -0.3 is 16.0 Å². The van der Waals surface area contributed by atoms with Crippen molar-refractivity contribution in [2.45, 2.75) is 19.9 Å². The number of para-hydroxylation sites is 1. The van der Waals surface area contributed by atoms with E-state index in [1.807, 2.05) is 43.3 Å². The standard InChI is InChI=1S/C25H24ClN3O3/c1-17-6-2-3-7-19(17)16-28-23(30)21-8-4-5-9-22(21)29-25(32)24(31)27-15-14-18-10-12-20(26)13-11-18/h2-13H,14-16H2,1H3,(H,27,31)(H,28,30)(H,29,32). The lowest BCUT2D eigenvalue weighted by Crippen LogP contribution is -2.37. The summed E-state index contributed by atoms with van der Waals surface area (Å²) < 4.78 is 0. The van der Waals surface area contributed by atoms with Gasteiger partial charge in [-0.15, -0.1) is 0 Å². The van der Waals surface area contributed by atoms with Crippen molar-refractivity contribution in [1.82, 2.24) is 10.6 Å². The fraction of sp³-hybridized carbons (Fsp3) is 0.160. The van der Waals surface area contributed by atoms with Crippen LogP contribution >= 0.6 is 11.6 Å². The number of benzene rings is 3. The van der Waals surface area contributed by atoms with E-state index in [2.05, 4.69) is 16.0 Å². The van der Waals surface area contributed by atoms with Gasteiger partial charge in [0.15, 0.2) is 0 Å². The number of nitrogens with one attached hydrogen (secondary N) is 3. The molecule has 0 aliphatic heterocycles. The molecule has 3 aromatic rings. The first kappa shape index (κ1) is 23.0. The molecular weight excluding hydrogens is 426 g/mol. The molecule has 3 aromatic carbocycles. The van der Waals surface area contributed by atoms with Gasteiger partial charge in [-0.2, -0.15) is 0 Å². The first-order valence-corrected chi connectivity index (χ1v) is 10.6. The fourth-order valence-electron chi connectivity index (χ4n) is 3.10. The van der Waals surface area contributed by atoms with Gasteiger partial charge in [0, 0.05) is 18.1 Å². The average Bonchev–Trinajstić information content (AvgIpc) is 2.80. The largest absolute Gasteiger partial charge is 0.348 e. The van der Waals surface area contributed by atoms with Crippen molar-refractivity contribution in [3.05, 3.63) is 100 Å². The van der Waals surface area contributed by atoms with E-state index in [9.17, 15) is 14.4 Å². The van der Waals surface area contributed by atoms with Crippen LogP contribution in [0, 0.1) is 6.92 Å². The molecule has 0 aliphatic carbocycles. The molecule has 0 atom stereocenters. The SMILES string of the molecule is Cc1ccccc1CNC(=O)c1ccccc1NC(=O)C(=O)NCCc1ccc(Cl)cc1. The lowest BCUT2D eigenvalue weighted by atomic mass is 10.1. The van der Waals surface area contributed by atoms with Crippen LogP contribution in [-0.2, 0) is 22.6 Å². The Bertz CT molecular complexity index is 1110. The van der Waals surface area contributed by atoms with Gasteiger partial charge >= 0.3 is 11.8 Å². The molecule has 0 saturated carbocycles. The zero-order valence-corrected chi connectivity index (χ0v) is 18.4. The minimum absolute atomic E-state index is 0.271.